The highest BCUT2D eigenvalue weighted by Gasteiger charge is 2.48. The van der Waals surface area contributed by atoms with Gasteiger partial charge in [-0.1, -0.05) is 34.1 Å². The van der Waals surface area contributed by atoms with E-state index in [-0.39, 0.29) is 17.2 Å². The van der Waals surface area contributed by atoms with Gasteiger partial charge in [0.15, 0.2) is 6.23 Å². The van der Waals surface area contributed by atoms with Gasteiger partial charge in [-0.25, -0.2) is 0 Å². The van der Waals surface area contributed by atoms with E-state index in [1.54, 1.807) is 0 Å². The fourth-order valence-corrected chi connectivity index (χ4v) is 3.25. The lowest BCUT2D eigenvalue weighted by molar-refractivity contribution is -0.145. The number of aliphatic hydroxyl groups is 1. The molecule has 110 valence electrons. The SMILES string of the molecule is CC(C)C1COC(NC(=O)C2(C(C)C)CCC2)C1O. The molecule has 0 radical (unpaired) electrons. The Morgan fingerprint density at radius 2 is 1.95 bits per heavy atom. The van der Waals surface area contributed by atoms with Crippen LogP contribution in [0, 0.1) is 23.2 Å². The lowest BCUT2D eigenvalue weighted by Crippen LogP contribution is -2.54. The van der Waals surface area contributed by atoms with Gasteiger partial charge in [-0.15, -0.1) is 0 Å². The molecule has 1 aliphatic carbocycles. The van der Waals surface area contributed by atoms with E-state index in [2.05, 4.69) is 33.0 Å². The van der Waals surface area contributed by atoms with Crippen molar-refractivity contribution in [2.75, 3.05) is 6.61 Å². The summed E-state index contributed by atoms with van der Waals surface area (Å²) in [5, 5.41) is 13.1. The molecule has 2 fully saturated rings. The first kappa shape index (κ1) is 14.8. The number of carbonyl (C=O) groups excluding carboxylic acids is 1. The van der Waals surface area contributed by atoms with Crippen LogP contribution in [-0.4, -0.2) is 30.0 Å². The first-order valence-electron chi connectivity index (χ1n) is 7.49. The Hall–Kier alpha value is -0.610. The Labute approximate surface area is 115 Å². The summed E-state index contributed by atoms with van der Waals surface area (Å²) in [6, 6.07) is 0. The molecule has 0 aromatic heterocycles. The van der Waals surface area contributed by atoms with Crippen LogP contribution < -0.4 is 5.32 Å². The van der Waals surface area contributed by atoms with Crippen molar-refractivity contribution in [3.8, 4) is 0 Å². The first-order chi connectivity index (χ1) is 8.88. The Bertz CT molecular complexity index is 336. The third kappa shape index (κ3) is 2.52. The molecule has 0 bridgehead atoms. The number of amides is 1. The normalized spacial score (nSPS) is 33.5. The van der Waals surface area contributed by atoms with Gasteiger partial charge in [0.05, 0.1) is 12.0 Å². The smallest absolute Gasteiger partial charge is 0.228 e. The molecule has 2 rings (SSSR count). The topological polar surface area (TPSA) is 58.6 Å². The lowest BCUT2D eigenvalue weighted by atomic mass is 9.61. The van der Waals surface area contributed by atoms with E-state index in [9.17, 15) is 9.90 Å². The van der Waals surface area contributed by atoms with E-state index in [1.807, 2.05) is 0 Å². The Morgan fingerprint density at radius 3 is 2.32 bits per heavy atom. The van der Waals surface area contributed by atoms with Crippen molar-refractivity contribution in [2.24, 2.45) is 23.2 Å². The summed E-state index contributed by atoms with van der Waals surface area (Å²) in [5.41, 5.74) is -0.237. The van der Waals surface area contributed by atoms with Crippen molar-refractivity contribution in [1.29, 1.82) is 0 Å². The monoisotopic (exact) mass is 269 g/mol. The van der Waals surface area contributed by atoms with Gasteiger partial charge in [0.25, 0.3) is 0 Å². The van der Waals surface area contributed by atoms with E-state index in [4.69, 9.17) is 4.74 Å². The van der Waals surface area contributed by atoms with Crippen LogP contribution in [0.25, 0.3) is 0 Å². The second-order valence-electron chi connectivity index (χ2n) is 6.79. The number of aliphatic hydroxyl groups excluding tert-OH is 1. The maximum absolute atomic E-state index is 12.5. The van der Waals surface area contributed by atoms with Crippen molar-refractivity contribution < 1.29 is 14.6 Å². The van der Waals surface area contributed by atoms with Gasteiger partial charge in [0.1, 0.15) is 6.10 Å². The maximum atomic E-state index is 12.5. The maximum Gasteiger partial charge on any atom is 0.228 e. The number of carbonyl (C=O) groups is 1. The van der Waals surface area contributed by atoms with Crippen molar-refractivity contribution >= 4 is 5.91 Å². The predicted molar refractivity (Wildman–Crippen MR) is 73.3 cm³/mol. The van der Waals surface area contributed by atoms with Gasteiger partial charge in [0, 0.05) is 5.92 Å². The molecule has 1 amide bonds. The molecule has 3 unspecified atom stereocenters. The molecule has 4 nitrogen and oxygen atoms in total. The molecule has 1 aliphatic heterocycles. The molecule has 1 saturated heterocycles. The van der Waals surface area contributed by atoms with Crippen molar-refractivity contribution in [3.05, 3.63) is 0 Å². The fourth-order valence-electron chi connectivity index (χ4n) is 3.25. The van der Waals surface area contributed by atoms with Crippen molar-refractivity contribution in [1.82, 2.24) is 5.32 Å². The van der Waals surface area contributed by atoms with Crippen LogP contribution in [0.15, 0.2) is 0 Å². The second-order valence-corrected chi connectivity index (χ2v) is 6.79. The summed E-state index contributed by atoms with van der Waals surface area (Å²) in [6.45, 7) is 8.87. The standard InChI is InChI=1S/C15H27NO3/c1-9(2)11-8-19-13(12(11)17)16-14(18)15(10(3)4)6-5-7-15/h9-13,17H,5-8H2,1-4H3,(H,16,18). The molecular formula is C15H27NO3. The molecule has 1 saturated carbocycles. The number of hydrogen-bond acceptors (Lipinski definition) is 3. The van der Waals surface area contributed by atoms with Crippen molar-refractivity contribution in [2.45, 2.75) is 59.3 Å². The number of hydrogen-bond donors (Lipinski definition) is 2. The zero-order valence-corrected chi connectivity index (χ0v) is 12.5. The fraction of sp³-hybridized carbons (Fsp3) is 0.933. The Morgan fingerprint density at radius 1 is 1.32 bits per heavy atom. The zero-order chi connectivity index (χ0) is 14.2. The van der Waals surface area contributed by atoms with E-state index < -0.39 is 12.3 Å². The third-order valence-corrected chi connectivity index (χ3v) is 5.15. The summed E-state index contributed by atoms with van der Waals surface area (Å²) in [5.74, 6) is 0.865. The van der Waals surface area contributed by atoms with Gasteiger partial charge in [-0.05, 0) is 24.7 Å². The summed E-state index contributed by atoms with van der Waals surface area (Å²) in [4.78, 5) is 12.5. The number of rotatable bonds is 4. The van der Waals surface area contributed by atoms with E-state index >= 15 is 0 Å². The van der Waals surface area contributed by atoms with E-state index in [0.29, 0.717) is 18.4 Å². The predicted octanol–water partition coefficient (Wildman–Crippen LogP) is 1.92. The molecule has 0 aromatic carbocycles. The molecule has 19 heavy (non-hydrogen) atoms. The van der Waals surface area contributed by atoms with Gasteiger partial charge in [-0.2, -0.15) is 0 Å². The highest BCUT2D eigenvalue weighted by Crippen LogP contribution is 2.47. The molecule has 2 aliphatic rings. The van der Waals surface area contributed by atoms with Crippen LogP contribution in [0.2, 0.25) is 0 Å². The molecular weight excluding hydrogens is 242 g/mol. The molecule has 0 aromatic rings. The molecule has 3 atom stereocenters. The largest absolute Gasteiger partial charge is 0.388 e. The minimum Gasteiger partial charge on any atom is -0.388 e. The van der Waals surface area contributed by atoms with Gasteiger partial charge >= 0.3 is 0 Å². The molecule has 0 spiro atoms. The van der Waals surface area contributed by atoms with Crippen LogP contribution >= 0.6 is 0 Å². The molecule has 1 heterocycles. The van der Waals surface area contributed by atoms with Crippen LogP contribution in [0.3, 0.4) is 0 Å². The van der Waals surface area contributed by atoms with E-state index in [0.717, 1.165) is 19.3 Å². The summed E-state index contributed by atoms with van der Waals surface area (Å²) >= 11 is 0. The first-order valence-corrected chi connectivity index (χ1v) is 7.49. The van der Waals surface area contributed by atoms with Crippen molar-refractivity contribution in [3.63, 3.8) is 0 Å². The van der Waals surface area contributed by atoms with E-state index in [1.165, 1.54) is 0 Å². The Kier molecular flexibility index (Phi) is 4.21. The molecule has 4 heteroatoms. The minimum atomic E-state index is -0.590. The quantitative estimate of drug-likeness (QED) is 0.819. The summed E-state index contributed by atoms with van der Waals surface area (Å²) < 4.78 is 5.57. The van der Waals surface area contributed by atoms with Crippen LogP contribution in [0.4, 0.5) is 0 Å². The lowest BCUT2D eigenvalue weighted by Gasteiger charge is -2.44. The number of ether oxygens (including phenoxy) is 1. The molecule has 2 N–H and O–H groups in total. The average molecular weight is 269 g/mol. The second kappa shape index (κ2) is 5.41. The third-order valence-electron chi connectivity index (χ3n) is 5.15. The Balaban J connectivity index is 1.97. The van der Waals surface area contributed by atoms with Crippen LogP contribution in [0.5, 0.6) is 0 Å². The van der Waals surface area contributed by atoms with Crippen LogP contribution in [-0.2, 0) is 9.53 Å². The highest BCUT2D eigenvalue weighted by atomic mass is 16.5. The number of nitrogens with one attached hydrogen (secondary N) is 1. The van der Waals surface area contributed by atoms with Gasteiger partial charge in [0.2, 0.25) is 5.91 Å². The summed E-state index contributed by atoms with van der Waals surface area (Å²) in [7, 11) is 0. The minimum absolute atomic E-state index is 0.0576. The summed E-state index contributed by atoms with van der Waals surface area (Å²) in [6.07, 6.45) is 1.90. The zero-order valence-electron chi connectivity index (χ0n) is 12.5. The van der Waals surface area contributed by atoms with Gasteiger partial charge < -0.3 is 15.2 Å². The highest BCUT2D eigenvalue weighted by molar-refractivity contribution is 5.84. The van der Waals surface area contributed by atoms with Crippen LogP contribution in [0.1, 0.15) is 47.0 Å². The average Bonchev–Trinajstić information content (AvgIpc) is 2.58. The van der Waals surface area contributed by atoms with Gasteiger partial charge in [-0.3, -0.25) is 4.79 Å².